The van der Waals surface area contributed by atoms with Crippen LogP contribution in [0.2, 0.25) is 0 Å². The van der Waals surface area contributed by atoms with Crippen LogP contribution in [0.5, 0.6) is 0 Å². The molecule has 2 amide bonds. The second-order valence-corrected chi connectivity index (χ2v) is 7.99. The Balaban J connectivity index is 1.36. The van der Waals surface area contributed by atoms with Gasteiger partial charge in [-0.3, -0.25) is 9.59 Å². The Hall–Kier alpha value is -3.54. The average Bonchev–Trinajstić information content (AvgIpc) is 3.21. The van der Waals surface area contributed by atoms with Crippen molar-refractivity contribution in [2.45, 2.75) is 19.4 Å². The fourth-order valence-corrected chi connectivity index (χ4v) is 4.32. The van der Waals surface area contributed by atoms with Crippen molar-refractivity contribution >= 4 is 39.7 Å². The van der Waals surface area contributed by atoms with Gasteiger partial charge in [-0.1, -0.05) is 24.3 Å². The first-order valence-corrected chi connectivity index (χ1v) is 10.3. The lowest BCUT2D eigenvalue weighted by atomic mass is 9.98. The third kappa shape index (κ3) is 2.96. The zero-order valence-electron chi connectivity index (χ0n) is 17.1. The van der Waals surface area contributed by atoms with Crippen molar-refractivity contribution in [3.8, 4) is 0 Å². The van der Waals surface area contributed by atoms with Gasteiger partial charge in [-0.25, -0.2) is 0 Å². The Bertz CT molecular complexity index is 1190. The van der Waals surface area contributed by atoms with Gasteiger partial charge in [0.1, 0.15) is 6.04 Å². The Morgan fingerprint density at radius 1 is 1.17 bits per heavy atom. The summed E-state index contributed by atoms with van der Waals surface area (Å²) < 4.78 is 0. The molecule has 2 aromatic carbocycles. The predicted octanol–water partition coefficient (Wildman–Crippen LogP) is 3.87. The van der Waals surface area contributed by atoms with Crippen molar-refractivity contribution in [1.29, 1.82) is 0 Å². The molecule has 30 heavy (non-hydrogen) atoms. The van der Waals surface area contributed by atoms with Gasteiger partial charge < -0.3 is 20.1 Å². The largest absolute Gasteiger partial charge is 0.361 e. The Morgan fingerprint density at radius 2 is 2.00 bits per heavy atom. The van der Waals surface area contributed by atoms with Gasteiger partial charge >= 0.3 is 0 Å². The minimum atomic E-state index is -0.228. The number of hydrogen-bond donors (Lipinski definition) is 2. The normalized spacial score (nSPS) is 18.8. The molecule has 2 aliphatic rings. The van der Waals surface area contributed by atoms with Crippen LogP contribution < -0.4 is 10.2 Å². The molecule has 0 spiro atoms. The second kappa shape index (κ2) is 7.06. The van der Waals surface area contributed by atoms with Gasteiger partial charge in [0, 0.05) is 48.4 Å². The molecular weight excluding hydrogens is 376 g/mol. The molecule has 0 saturated heterocycles. The first kappa shape index (κ1) is 18.5. The van der Waals surface area contributed by atoms with E-state index in [0.29, 0.717) is 24.3 Å². The monoisotopic (exact) mass is 400 g/mol. The SMILES string of the molecule is CC1C(=O)Nc2cc(C(=O)N3CC=C(c4c[nH]c5ccccc45)CC3)ccc2N1C. The first-order chi connectivity index (χ1) is 14.5. The van der Waals surface area contributed by atoms with Gasteiger partial charge in [0.15, 0.2) is 0 Å². The minimum absolute atomic E-state index is 0.0115. The van der Waals surface area contributed by atoms with Crippen molar-refractivity contribution in [2.75, 3.05) is 30.4 Å². The summed E-state index contributed by atoms with van der Waals surface area (Å²) in [5.74, 6) is -0.0681. The molecule has 2 N–H and O–H groups in total. The number of nitrogens with zero attached hydrogens (tertiary/aromatic N) is 2. The second-order valence-electron chi connectivity index (χ2n) is 7.99. The molecule has 5 rings (SSSR count). The number of aromatic nitrogens is 1. The maximum absolute atomic E-state index is 13.1. The summed E-state index contributed by atoms with van der Waals surface area (Å²) in [5.41, 5.74) is 5.83. The standard InChI is InChI=1S/C24H24N4O2/c1-15-23(29)26-21-13-17(7-8-22(21)27(15)2)24(30)28-11-9-16(10-12-28)19-14-25-20-6-4-3-5-18(19)20/h3-9,13-15,25H,10-12H2,1-2H3,(H,26,29). The summed E-state index contributed by atoms with van der Waals surface area (Å²) in [7, 11) is 1.89. The molecule has 0 radical (unpaired) electrons. The van der Waals surface area contributed by atoms with Crippen LogP contribution in [-0.2, 0) is 4.79 Å². The van der Waals surface area contributed by atoms with E-state index in [-0.39, 0.29) is 17.9 Å². The van der Waals surface area contributed by atoms with E-state index in [2.05, 4.69) is 34.7 Å². The van der Waals surface area contributed by atoms with Crippen molar-refractivity contribution in [3.63, 3.8) is 0 Å². The number of benzene rings is 2. The molecule has 0 bridgehead atoms. The molecule has 1 atom stereocenters. The van der Waals surface area contributed by atoms with Crippen LogP contribution in [0.1, 0.15) is 29.3 Å². The number of aromatic amines is 1. The molecular formula is C24H24N4O2. The molecule has 1 aromatic heterocycles. The highest BCUT2D eigenvalue weighted by Gasteiger charge is 2.28. The zero-order chi connectivity index (χ0) is 20.8. The van der Waals surface area contributed by atoms with E-state index in [9.17, 15) is 9.59 Å². The smallest absolute Gasteiger partial charge is 0.254 e. The maximum atomic E-state index is 13.1. The molecule has 0 fully saturated rings. The van der Waals surface area contributed by atoms with Gasteiger partial charge in [0.05, 0.1) is 11.4 Å². The summed E-state index contributed by atoms with van der Waals surface area (Å²) in [6.07, 6.45) is 5.01. The lowest BCUT2D eigenvalue weighted by molar-refractivity contribution is -0.117. The van der Waals surface area contributed by atoms with Crippen LogP contribution in [0.4, 0.5) is 11.4 Å². The number of carbonyl (C=O) groups is 2. The number of rotatable bonds is 2. The summed E-state index contributed by atoms with van der Waals surface area (Å²) >= 11 is 0. The summed E-state index contributed by atoms with van der Waals surface area (Å²) in [6, 6.07) is 13.6. The number of anilines is 2. The van der Waals surface area contributed by atoms with Gasteiger partial charge in [-0.05, 0) is 43.2 Å². The summed E-state index contributed by atoms with van der Waals surface area (Å²) in [6.45, 7) is 3.11. The topological polar surface area (TPSA) is 68.4 Å². The highest BCUT2D eigenvalue weighted by molar-refractivity contribution is 6.05. The van der Waals surface area contributed by atoms with E-state index in [1.165, 1.54) is 16.5 Å². The van der Waals surface area contributed by atoms with E-state index >= 15 is 0 Å². The van der Waals surface area contributed by atoms with Crippen LogP contribution in [-0.4, -0.2) is 47.9 Å². The van der Waals surface area contributed by atoms with Gasteiger partial charge in [-0.15, -0.1) is 0 Å². The molecule has 1 unspecified atom stereocenters. The number of carbonyl (C=O) groups excluding carboxylic acids is 2. The van der Waals surface area contributed by atoms with Crippen molar-refractivity contribution < 1.29 is 9.59 Å². The molecule has 2 aliphatic heterocycles. The minimum Gasteiger partial charge on any atom is -0.361 e. The fraction of sp³-hybridized carbons (Fsp3) is 0.250. The molecule has 0 saturated carbocycles. The summed E-state index contributed by atoms with van der Waals surface area (Å²) in [4.78, 5) is 32.3. The summed E-state index contributed by atoms with van der Waals surface area (Å²) in [5, 5.41) is 4.13. The van der Waals surface area contributed by atoms with Gasteiger partial charge in [0.2, 0.25) is 5.91 Å². The van der Waals surface area contributed by atoms with Gasteiger partial charge in [-0.2, -0.15) is 0 Å². The van der Waals surface area contributed by atoms with E-state index in [1.807, 2.05) is 48.0 Å². The third-order valence-electron chi connectivity index (χ3n) is 6.27. The zero-order valence-corrected chi connectivity index (χ0v) is 17.1. The predicted molar refractivity (Wildman–Crippen MR) is 120 cm³/mol. The van der Waals surface area contributed by atoms with E-state index in [4.69, 9.17) is 0 Å². The van der Waals surface area contributed by atoms with Crippen LogP contribution in [0.3, 0.4) is 0 Å². The number of hydrogen-bond acceptors (Lipinski definition) is 3. The van der Waals surface area contributed by atoms with Crippen LogP contribution in [0.15, 0.2) is 54.7 Å². The molecule has 6 heteroatoms. The molecule has 6 nitrogen and oxygen atoms in total. The van der Waals surface area contributed by atoms with E-state index < -0.39 is 0 Å². The Morgan fingerprint density at radius 3 is 2.80 bits per heavy atom. The van der Waals surface area contributed by atoms with Crippen LogP contribution in [0.25, 0.3) is 16.5 Å². The number of likely N-dealkylation sites (N-methyl/N-ethyl adjacent to an activating group) is 1. The number of para-hydroxylation sites is 1. The van der Waals surface area contributed by atoms with Crippen molar-refractivity contribution in [2.24, 2.45) is 0 Å². The molecule has 152 valence electrons. The van der Waals surface area contributed by atoms with Crippen molar-refractivity contribution in [1.82, 2.24) is 9.88 Å². The number of fused-ring (bicyclic) bond motifs is 2. The highest BCUT2D eigenvalue weighted by Crippen LogP contribution is 2.33. The first-order valence-electron chi connectivity index (χ1n) is 10.3. The van der Waals surface area contributed by atoms with Crippen LogP contribution in [0, 0.1) is 0 Å². The average molecular weight is 400 g/mol. The van der Waals surface area contributed by atoms with Crippen molar-refractivity contribution in [3.05, 3.63) is 65.9 Å². The number of nitrogens with one attached hydrogen (secondary N) is 2. The molecule has 0 aliphatic carbocycles. The highest BCUT2D eigenvalue weighted by atomic mass is 16.2. The Labute approximate surface area is 175 Å². The Kier molecular flexibility index (Phi) is 4.35. The molecule has 3 heterocycles. The van der Waals surface area contributed by atoms with E-state index in [1.54, 1.807) is 6.07 Å². The lowest BCUT2D eigenvalue weighted by Crippen LogP contribution is -2.44. The number of amides is 2. The van der Waals surface area contributed by atoms with Gasteiger partial charge in [0.25, 0.3) is 5.91 Å². The lowest BCUT2D eigenvalue weighted by Gasteiger charge is -2.33. The number of H-pyrrole nitrogens is 1. The van der Waals surface area contributed by atoms with E-state index in [0.717, 1.165) is 17.6 Å². The fourth-order valence-electron chi connectivity index (χ4n) is 4.32. The molecule has 3 aromatic rings. The van der Waals surface area contributed by atoms with Crippen LogP contribution >= 0.6 is 0 Å². The quantitative estimate of drug-likeness (QED) is 0.686. The maximum Gasteiger partial charge on any atom is 0.254 e. The third-order valence-corrected chi connectivity index (χ3v) is 6.27.